The Balaban J connectivity index is 0.000000152. The minimum Gasteiger partial charge on any atom is -0.508 e. The summed E-state index contributed by atoms with van der Waals surface area (Å²) in [5, 5.41) is 64.8. The van der Waals surface area contributed by atoms with Gasteiger partial charge in [-0.05, 0) is 69.0 Å². The number of rotatable bonds is 6. The number of aromatic nitrogens is 2. The largest absolute Gasteiger partial charge is 0.508 e. The van der Waals surface area contributed by atoms with Gasteiger partial charge in [0.2, 0.25) is 11.2 Å². The number of aryl methyl sites for hydroxylation is 1. The molecule has 4 atom stereocenters. The smallest absolute Gasteiger partial charge is 0.320 e. The average Bonchev–Trinajstić information content (AvgIpc) is 3.51. The van der Waals surface area contributed by atoms with E-state index in [-0.39, 0.29) is 45.7 Å². The van der Waals surface area contributed by atoms with E-state index in [4.69, 9.17) is 15.3 Å². The highest BCUT2D eigenvalue weighted by Gasteiger charge is 2.37. The molecule has 0 saturated carbocycles. The number of carbonyl (C=O) groups is 2. The number of aromatic hydroxyl groups is 5. The second kappa shape index (κ2) is 17.1. The second-order valence-corrected chi connectivity index (χ2v) is 14.3. The molecule has 2 aliphatic rings. The Kier molecular flexibility index (Phi) is 12.0. The Morgan fingerprint density at radius 2 is 1.54 bits per heavy atom. The van der Waals surface area contributed by atoms with Crippen molar-refractivity contribution >= 4 is 33.7 Å². The summed E-state index contributed by atoms with van der Waals surface area (Å²) in [7, 11) is 4.12. The molecule has 2 unspecified atom stereocenters. The minimum absolute atomic E-state index is 0.0329. The summed E-state index contributed by atoms with van der Waals surface area (Å²) in [5.41, 5.74) is 6.96. The molecule has 0 aliphatic carbocycles. The van der Waals surface area contributed by atoms with E-state index in [1.54, 1.807) is 4.68 Å². The lowest BCUT2D eigenvalue weighted by atomic mass is 9.82. The van der Waals surface area contributed by atoms with Crippen molar-refractivity contribution in [2.45, 2.75) is 62.7 Å². The first-order valence-electron chi connectivity index (χ1n) is 18.4. The number of fused-ring (bicyclic) bond motifs is 4. The molecule has 4 heterocycles. The molecule has 4 aromatic carbocycles. The number of phenolic OH excluding ortho intramolecular Hbond substituents is 4. The van der Waals surface area contributed by atoms with Crippen LogP contribution in [0.1, 0.15) is 48.2 Å². The number of carboxylic acids is 1. The monoisotopic (exact) mass is 779 g/mol. The van der Waals surface area contributed by atoms with Crippen molar-refractivity contribution in [3.63, 3.8) is 0 Å². The van der Waals surface area contributed by atoms with Gasteiger partial charge in [-0.2, -0.15) is 5.10 Å². The van der Waals surface area contributed by atoms with Gasteiger partial charge in [-0.3, -0.25) is 19.1 Å². The van der Waals surface area contributed by atoms with Gasteiger partial charge in [0.1, 0.15) is 28.5 Å². The number of carbonyl (C=O) groups excluding carboxylic acids is 1. The maximum atomic E-state index is 12.7. The fourth-order valence-electron chi connectivity index (χ4n) is 7.46. The zero-order valence-electron chi connectivity index (χ0n) is 31.4. The van der Waals surface area contributed by atoms with Gasteiger partial charge in [-0.25, -0.2) is 0 Å². The quantitative estimate of drug-likeness (QED) is 0.105. The molecule has 2 saturated heterocycles. The molecule has 2 bridgehead atoms. The van der Waals surface area contributed by atoms with Crippen LogP contribution in [0.3, 0.4) is 0 Å². The molecule has 0 radical (unpaired) electrons. The third kappa shape index (κ3) is 8.95. The van der Waals surface area contributed by atoms with Crippen LogP contribution in [0.4, 0.5) is 0 Å². The standard InChI is InChI=1S/C18H24N4O.C15H10O7.C9H11NO2/c1-21-13-6-5-7-14(21)11-12(10-13)19-18(23)17-15-8-3-4-9-16(15)22(2)20-17;16-7-4-10(19)12-11(5-7)22-15(14(21)13(12)20)6-1-2-8(17)9(18)3-6;10-8(9(11)12)6-7-4-2-1-3-5-7/h3-4,8-9,12-14H,5-7,10-11H2,1-2H3,(H,19,23);1-5,16-19,21H;1-5,8H,6,10H2,(H,11,12)/t12?,13-,14+;;. The Bertz CT molecular complexity index is 2450. The molecule has 9 N–H and O–H groups in total. The summed E-state index contributed by atoms with van der Waals surface area (Å²) in [6.07, 6.45) is 6.34. The van der Waals surface area contributed by atoms with E-state index >= 15 is 0 Å². The Labute approximate surface area is 326 Å². The van der Waals surface area contributed by atoms with Gasteiger partial charge in [0.25, 0.3) is 5.91 Å². The van der Waals surface area contributed by atoms with Gasteiger partial charge in [0, 0.05) is 48.3 Å². The summed E-state index contributed by atoms with van der Waals surface area (Å²) in [4.78, 5) is 37.8. The van der Waals surface area contributed by atoms with E-state index in [0.717, 1.165) is 53.6 Å². The fraction of sp³-hybridized carbons (Fsp3) is 0.286. The van der Waals surface area contributed by atoms with Crippen LogP contribution in [0.25, 0.3) is 33.2 Å². The van der Waals surface area contributed by atoms with E-state index < -0.39 is 34.7 Å². The maximum Gasteiger partial charge on any atom is 0.320 e. The summed E-state index contributed by atoms with van der Waals surface area (Å²) in [5.74, 6) is -3.71. The van der Waals surface area contributed by atoms with Gasteiger partial charge < -0.3 is 51.0 Å². The number of nitrogens with one attached hydrogen (secondary N) is 1. The molecule has 8 rings (SSSR count). The second-order valence-electron chi connectivity index (χ2n) is 14.3. The molecule has 1 amide bonds. The number of piperidine rings is 2. The average molecular weight is 780 g/mol. The normalized spacial score (nSPS) is 18.1. The molecule has 298 valence electrons. The molecule has 0 spiro atoms. The SMILES string of the molecule is CN1[C@@H]2CCC[C@H]1CC(NC(=O)c1nn(C)c3ccccc13)C2.NC(Cc1ccccc1)C(=O)O.O=c1c(O)c(-c2ccc(O)c(O)c2)oc2cc(O)cc(O)c12. The highest BCUT2D eigenvalue weighted by molar-refractivity contribution is 6.05. The van der Waals surface area contributed by atoms with E-state index in [0.29, 0.717) is 24.2 Å². The molecule has 57 heavy (non-hydrogen) atoms. The van der Waals surface area contributed by atoms with Crippen molar-refractivity contribution < 1.29 is 44.6 Å². The zero-order valence-corrected chi connectivity index (χ0v) is 31.4. The van der Waals surface area contributed by atoms with Gasteiger partial charge in [0.15, 0.2) is 23.0 Å². The van der Waals surface area contributed by atoms with Crippen LogP contribution in [-0.4, -0.2) is 88.4 Å². The number of benzene rings is 4. The third-order valence-electron chi connectivity index (χ3n) is 10.4. The minimum atomic E-state index is -0.959. The van der Waals surface area contributed by atoms with Crippen LogP contribution in [0.2, 0.25) is 0 Å². The molecule has 15 nitrogen and oxygen atoms in total. The van der Waals surface area contributed by atoms with E-state index in [9.17, 15) is 39.9 Å². The number of phenols is 4. The van der Waals surface area contributed by atoms with Gasteiger partial charge >= 0.3 is 5.97 Å². The number of amides is 1. The van der Waals surface area contributed by atoms with Crippen molar-refractivity contribution in [1.82, 2.24) is 20.0 Å². The number of aliphatic carboxylic acids is 1. The summed E-state index contributed by atoms with van der Waals surface area (Å²) >= 11 is 0. The van der Waals surface area contributed by atoms with Crippen LogP contribution in [0, 0.1) is 0 Å². The van der Waals surface area contributed by atoms with Crippen LogP contribution in [0.15, 0.2) is 94.1 Å². The van der Waals surface area contributed by atoms with Gasteiger partial charge in [-0.15, -0.1) is 0 Å². The molecule has 15 heteroatoms. The number of carboxylic acid groups (broad SMARTS) is 1. The first kappa shape index (κ1) is 40.1. The molecular formula is C42H45N5O10. The van der Waals surface area contributed by atoms with Crippen LogP contribution in [-0.2, 0) is 18.3 Å². The van der Waals surface area contributed by atoms with Crippen molar-refractivity contribution in [1.29, 1.82) is 0 Å². The number of hydrogen-bond acceptors (Lipinski definition) is 12. The zero-order chi connectivity index (χ0) is 41.0. The lowest BCUT2D eigenvalue weighted by Crippen LogP contribution is -2.55. The molecule has 2 aromatic heterocycles. The molecule has 2 fully saturated rings. The Hall–Kier alpha value is -6.58. The third-order valence-corrected chi connectivity index (χ3v) is 10.4. The predicted octanol–water partition coefficient (Wildman–Crippen LogP) is 4.95. The summed E-state index contributed by atoms with van der Waals surface area (Å²) < 4.78 is 7.14. The van der Waals surface area contributed by atoms with Crippen molar-refractivity contribution in [3.05, 3.63) is 106 Å². The van der Waals surface area contributed by atoms with Gasteiger partial charge in [0.05, 0.1) is 5.52 Å². The number of nitrogens with two attached hydrogens (primary N) is 1. The molecular weight excluding hydrogens is 734 g/mol. The maximum absolute atomic E-state index is 12.7. The van der Waals surface area contributed by atoms with Crippen molar-refractivity contribution in [2.24, 2.45) is 12.8 Å². The number of para-hydroxylation sites is 1. The highest BCUT2D eigenvalue weighted by atomic mass is 16.4. The summed E-state index contributed by atoms with van der Waals surface area (Å²) in [6, 6.07) is 23.6. The Morgan fingerprint density at radius 3 is 2.21 bits per heavy atom. The van der Waals surface area contributed by atoms with Crippen molar-refractivity contribution in [2.75, 3.05) is 7.05 Å². The van der Waals surface area contributed by atoms with Crippen LogP contribution in [0.5, 0.6) is 28.7 Å². The van der Waals surface area contributed by atoms with E-state index in [1.807, 2.05) is 61.6 Å². The number of hydrogen-bond donors (Lipinski definition) is 8. The van der Waals surface area contributed by atoms with E-state index in [1.165, 1.54) is 25.3 Å². The van der Waals surface area contributed by atoms with Crippen molar-refractivity contribution in [3.8, 4) is 40.1 Å². The Morgan fingerprint density at radius 1 is 0.877 bits per heavy atom. The lowest BCUT2D eigenvalue weighted by molar-refractivity contribution is -0.138. The topological polar surface area (TPSA) is 245 Å². The molecule has 6 aromatic rings. The first-order chi connectivity index (χ1) is 27.2. The van der Waals surface area contributed by atoms with E-state index in [2.05, 4.69) is 22.4 Å². The first-order valence-corrected chi connectivity index (χ1v) is 18.4. The highest BCUT2D eigenvalue weighted by Crippen LogP contribution is 2.38. The van der Waals surface area contributed by atoms with Gasteiger partial charge in [-0.1, -0.05) is 55.0 Å². The van der Waals surface area contributed by atoms with Crippen LogP contribution >= 0.6 is 0 Å². The van der Waals surface area contributed by atoms with Crippen LogP contribution < -0.4 is 16.5 Å². The lowest BCUT2D eigenvalue weighted by Gasteiger charge is -2.47. The molecule has 2 aliphatic heterocycles. The summed E-state index contributed by atoms with van der Waals surface area (Å²) in [6.45, 7) is 0. The number of nitrogens with zero attached hydrogens (tertiary/aromatic N) is 3. The fourth-order valence-corrected chi connectivity index (χ4v) is 7.46. The predicted molar refractivity (Wildman–Crippen MR) is 212 cm³/mol.